The molecule has 2 aromatic heterocycles. The number of hydrogen-bond acceptors (Lipinski definition) is 3. The number of benzene rings is 1. The van der Waals surface area contributed by atoms with Gasteiger partial charge in [-0.2, -0.15) is 0 Å². The zero-order valence-corrected chi connectivity index (χ0v) is 10.7. The molecule has 0 aliphatic carbocycles. The van der Waals surface area contributed by atoms with Crippen molar-refractivity contribution < 1.29 is 0 Å². The van der Waals surface area contributed by atoms with Crippen LogP contribution in [0.2, 0.25) is 0 Å². The lowest BCUT2D eigenvalue weighted by atomic mass is 10.3. The van der Waals surface area contributed by atoms with Gasteiger partial charge in [-0.25, -0.2) is 0 Å². The van der Waals surface area contributed by atoms with Gasteiger partial charge in [-0.15, -0.1) is 10.2 Å². The molecular formula is C14H15N5. The van der Waals surface area contributed by atoms with Gasteiger partial charge in [0.1, 0.15) is 6.33 Å². The Morgan fingerprint density at radius 3 is 2.68 bits per heavy atom. The maximum Gasteiger partial charge on any atom is 0.229 e. The second-order valence-electron chi connectivity index (χ2n) is 4.32. The average Bonchev–Trinajstić information content (AvgIpc) is 3.06. The minimum atomic E-state index is 0.717. The van der Waals surface area contributed by atoms with E-state index in [1.807, 2.05) is 54.2 Å². The summed E-state index contributed by atoms with van der Waals surface area (Å²) in [5, 5.41) is 11.4. The number of aromatic nitrogens is 4. The molecule has 0 saturated heterocycles. The third-order valence-corrected chi connectivity index (χ3v) is 3.06. The van der Waals surface area contributed by atoms with E-state index in [1.54, 1.807) is 6.33 Å². The van der Waals surface area contributed by atoms with Gasteiger partial charge in [-0.05, 0) is 24.3 Å². The highest BCUT2D eigenvalue weighted by atomic mass is 15.3. The third-order valence-electron chi connectivity index (χ3n) is 3.06. The van der Waals surface area contributed by atoms with Crippen molar-refractivity contribution in [3.8, 4) is 5.69 Å². The summed E-state index contributed by atoms with van der Waals surface area (Å²) in [6.45, 7) is 0.717. The number of rotatable bonds is 4. The van der Waals surface area contributed by atoms with E-state index >= 15 is 0 Å². The lowest BCUT2D eigenvalue weighted by molar-refractivity contribution is 0.834. The second kappa shape index (κ2) is 4.97. The summed E-state index contributed by atoms with van der Waals surface area (Å²) in [7, 11) is 2.03. The number of nitrogens with zero attached hydrogens (tertiary/aromatic N) is 4. The lowest BCUT2D eigenvalue weighted by Crippen LogP contribution is -2.08. The Labute approximate surface area is 111 Å². The molecule has 0 saturated carbocycles. The summed E-state index contributed by atoms with van der Waals surface area (Å²) >= 11 is 0. The Morgan fingerprint density at radius 1 is 1.11 bits per heavy atom. The van der Waals surface area contributed by atoms with E-state index in [4.69, 9.17) is 0 Å². The summed E-state index contributed by atoms with van der Waals surface area (Å²) in [5.74, 6) is 0.743. The first-order valence-corrected chi connectivity index (χ1v) is 6.14. The summed E-state index contributed by atoms with van der Waals surface area (Å²) < 4.78 is 4.01. The highest BCUT2D eigenvalue weighted by Gasteiger charge is 2.06. The van der Waals surface area contributed by atoms with Crippen LogP contribution in [0.4, 0.5) is 5.95 Å². The molecule has 5 nitrogen and oxygen atoms in total. The fourth-order valence-corrected chi connectivity index (χ4v) is 1.98. The summed E-state index contributed by atoms with van der Waals surface area (Å²) in [4.78, 5) is 0. The van der Waals surface area contributed by atoms with Gasteiger partial charge in [-0.1, -0.05) is 18.2 Å². The van der Waals surface area contributed by atoms with Crippen molar-refractivity contribution in [2.45, 2.75) is 6.54 Å². The zero-order chi connectivity index (χ0) is 13.1. The van der Waals surface area contributed by atoms with Gasteiger partial charge < -0.3 is 9.88 Å². The Morgan fingerprint density at radius 2 is 1.95 bits per heavy atom. The summed E-state index contributed by atoms with van der Waals surface area (Å²) in [6.07, 6.45) is 3.74. The molecule has 3 aromatic rings. The normalized spacial score (nSPS) is 10.6. The lowest BCUT2D eigenvalue weighted by Gasteiger charge is -2.09. The molecule has 0 radical (unpaired) electrons. The van der Waals surface area contributed by atoms with Crippen LogP contribution in [-0.2, 0) is 13.6 Å². The van der Waals surface area contributed by atoms with E-state index in [-0.39, 0.29) is 0 Å². The molecule has 5 heteroatoms. The highest BCUT2D eigenvalue weighted by Crippen LogP contribution is 2.13. The molecule has 0 aliphatic heterocycles. The van der Waals surface area contributed by atoms with E-state index in [0.717, 1.165) is 18.2 Å². The van der Waals surface area contributed by atoms with Crippen LogP contribution < -0.4 is 5.32 Å². The molecule has 1 N–H and O–H groups in total. The van der Waals surface area contributed by atoms with Gasteiger partial charge in [0.25, 0.3) is 0 Å². The van der Waals surface area contributed by atoms with Crippen molar-refractivity contribution in [3.63, 3.8) is 0 Å². The maximum absolute atomic E-state index is 4.11. The Hall–Kier alpha value is -2.56. The van der Waals surface area contributed by atoms with Crippen LogP contribution in [0, 0.1) is 0 Å². The van der Waals surface area contributed by atoms with Crippen LogP contribution >= 0.6 is 0 Å². The monoisotopic (exact) mass is 253 g/mol. The first-order chi connectivity index (χ1) is 9.34. The number of para-hydroxylation sites is 1. The van der Waals surface area contributed by atoms with Crippen LogP contribution in [-0.4, -0.2) is 19.3 Å². The maximum atomic E-state index is 4.11. The number of hydrogen-bond donors (Lipinski definition) is 1. The molecule has 3 rings (SSSR count). The molecule has 0 amide bonds. The van der Waals surface area contributed by atoms with Crippen molar-refractivity contribution in [1.29, 1.82) is 0 Å². The Kier molecular flexibility index (Phi) is 3.02. The molecule has 2 heterocycles. The van der Waals surface area contributed by atoms with E-state index in [2.05, 4.69) is 26.1 Å². The summed E-state index contributed by atoms with van der Waals surface area (Å²) in [6, 6.07) is 14.1. The fourth-order valence-electron chi connectivity index (χ4n) is 1.98. The molecule has 0 spiro atoms. The molecule has 0 fully saturated rings. The molecule has 0 unspecified atom stereocenters. The number of anilines is 1. The number of aryl methyl sites for hydroxylation is 1. The minimum absolute atomic E-state index is 0.717. The van der Waals surface area contributed by atoms with Gasteiger partial charge in [-0.3, -0.25) is 4.57 Å². The van der Waals surface area contributed by atoms with Gasteiger partial charge in [0.15, 0.2) is 0 Å². The van der Waals surface area contributed by atoms with Crippen molar-refractivity contribution in [3.05, 3.63) is 60.7 Å². The molecule has 0 aliphatic rings. The van der Waals surface area contributed by atoms with Gasteiger partial charge in [0.2, 0.25) is 5.95 Å². The Bertz CT molecular complexity index is 653. The van der Waals surface area contributed by atoms with Gasteiger partial charge in [0, 0.05) is 18.9 Å². The smallest absolute Gasteiger partial charge is 0.229 e. The van der Waals surface area contributed by atoms with Crippen molar-refractivity contribution in [2.24, 2.45) is 7.05 Å². The van der Waals surface area contributed by atoms with Crippen LogP contribution in [0.1, 0.15) is 5.69 Å². The molecule has 0 atom stereocenters. The van der Waals surface area contributed by atoms with E-state index in [0.29, 0.717) is 0 Å². The van der Waals surface area contributed by atoms with Crippen molar-refractivity contribution in [1.82, 2.24) is 19.3 Å². The van der Waals surface area contributed by atoms with Crippen LogP contribution in [0.15, 0.2) is 55.0 Å². The molecule has 1 aromatic carbocycles. The van der Waals surface area contributed by atoms with Crippen LogP contribution in [0.25, 0.3) is 5.69 Å². The fraction of sp³-hybridized carbons (Fsp3) is 0.143. The predicted octanol–water partition coefficient (Wildman–Crippen LogP) is 2.22. The van der Waals surface area contributed by atoms with E-state index < -0.39 is 0 Å². The topological polar surface area (TPSA) is 47.7 Å². The molecule has 19 heavy (non-hydrogen) atoms. The number of nitrogens with one attached hydrogen (secondary N) is 1. The van der Waals surface area contributed by atoms with Crippen molar-refractivity contribution in [2.75, 3.05) is 5.32 Å². The van der Waals surface area contributed by atoms with Gasteiger partial charge >= 0.3 is 0 Å². The Balaban J connectivity index is 1.80. The summed E-state index contributed by atoms with van der Waals surface area (Å²) in [5.41, 5.74) is 2.24. The largest absolute Gasteiger partial charge is 0.353 e. The van der Waals surface area contributed by atoms with Gasteiger partial charge in [0.05, 0.1) is 12.2 Å². The van der Waals surface area contributed by atoms with Crippen LogP contribution in [0.5, 0.6) is 0 Å². The third kappa shape index (κ3) is 2.35. The quantitative estimate of drug-likeness (QED) is 0.775. The van der Waals surface area contributed by atoms with Crippen molar-refractivity contribution >= 4 is 5.95 Å². The second-order valence-corrected chi connectivity index (χ2v) is 4.32. The SMILES string of the molecule is Cn1cccc1CNc1nncn1-c1ccccc1. The van der Waals surface area contributed by atoms with E-state index in [9.17, 15) is 0 Å². The van der Waals surface area contributed by atoms with Crippen LogP contribution in [0.3, 0.4) is 0 Å². The standard InChI is InChI=1S/C14H15N5/c1-18-9-5-8-13(18)10-15-14-17-16-11-19(14)12-6-3-2-4-7-12/h2-9,11H,10H2,1H3,(H,15,17). The molecule has 96 valence electrons. The molecular weight excluding hydrogens is 238 g/mol. The first kappa shape index (κ1) is 11.5. The highest BCUT2D eigenvalue weighted by molar-refractivity contribution is 5.40. The minimum Gasteiger partial charge on any atom is -0.353 e. The molecule has 0 bridgehead atoms. The average molecular weight is 253 g/mol. The zero-order valence-electron chi connectivity index (χ0n) is 10.7. The first-order valence-electron chi connectivity index (χ1n) is 6.14. The van der Waals surface area contributed by atoms with E-state index in [1.165, 1.54) is 5.69 Å². The predicted molar refractivity (Wildman–Crippen MR) is 74.1 cm³/mol.